The number of rotatable bonds is 4. The second kappa shape index (κ2) is 8.21. The molecule has 2 aliphatic heterocycles. The average molecular weight is 398 g/mol. The summed E-state index contributed by atoms with van der Waals surface area (Å²) in [5.74, 6) is 0. The van der Waals surface area contributed by atoms with Crippen LogP contribution < -0.4 is 10.6 Å². The molecular weight excluding hydrogens is 370 g/mol. The zero-order valence-electron chi connectivity index (χ0n) is 15.9. The summed E-state index contributed by atoms with van der Waals surface area (Å²) in [5, 5.41) is 0. The molecule has 0 radical (unpaired) electrons. The van der Waals surface area contributed by atoms with E-state index in [0.29, 0.717) is 11.0 Å². The van der Waals surface area contributed by atoms with Crippen LogP contribution in [0.25, 0.3) is 0 Å². The molecule has 27 heavy (non-hydrogen) atoms. The zero-order valence-corrected chi connectivity index (χ0v) is 17.5. The summed E-state index contributed by atoms with van der Waals surface area (Å²) in [7, 11) is 0. The number of benzene rings is 2. The summed E-state index contributed by atoms with van der Waals surface area (Å²) in [5.41, 5.74) is 9.39. The van der Waals surface area contributed by atoms with Crippen LogP contribution >= 0.6 is 24.0 Å². The van der Waals surface area contributed by atoms with Crippen LogP contribution in [0.5, 0.6) is 0 Å². The molecule has 0 saturated carbocycles. The minimum absolute atomic E-state index is 0.380. The molecule has 2 aliphatic rings. The topological polar surface area (TPSA) is 32.5 Å². The zero-order chi connectivity index (χ0) is 18.8. The van der Waals surface area contributed by atoms with Gasteiger partial charge in [0, 0.05) is 27.9 Å². The van der Waals surface area contributed by atoms with Crippen LogP contribution in [0.4, 0.5) is 11.4 Å². The Morgan fingerprint density at radius 3 is 2.48 bits per heavy atom. The maximum atomic E-state index is 5.93. The molecule has 1 unspecified atom stereocenters. The molecule has 2 aromatic rings. The molecule has 5 heteroatoms. The van der Waals surface area contributed by atoms with Gasteiger partial charge in [-0.05, 0) is 57.1 Å². The molecule has 0 aliphatic carbocycles. The number of thiocarbonyl (C=S) groups is 1. The molecule has 1 fully saturated rings. The first-order valence-corrected chi connectivity index (χ1v) is 11.1. The molecule has 2 N–H and O–H groups in total. The summed E-state index contributed by atoms with van der Waals surface area (Å²) in [4.78, 5) is 8.18. The smallest absolute Gasteiger partial charge is 0.104 e. The van der Waals surface area contributed by atoms with Crippen molar-refractivity contribution < 1.29 is 0 Å². The number of para-hydroxylation sites is 1. The van der Waals surface area contributed by atoms with Crippen LogP contribution in [0, 0.1) is 0 Å². The van der Waals surface area contributed by atoms with Crippen LogP contribution in [0.1, 0.15) is 38.2 Å². The molecule has 2 aromatic carbocycles. The van der Waals surface area contributed by atoms with Crippen LogP contribution in [0.2, 0.25) is 0 Å². The van der Waals surface area contributed by atoms with Gasteiger partial charge in [-0.3, -0.25) is 0 Å². The fourth-order valence-corrected chi connectivity index (χ4v) is 5.36. The molecule has 4 rings (SSSR count). The minimum atomic E-state index is 0.380. The van der Waals surface area contributed by atoms with Gasteiger partial charge in [-0.25, -0.2) is 0 Å². The molecule has 1 atom stereocenters. The maximum absolute atomic E-state index is 5.93. The Labute approximate surface area is 171 Å². The number of anilines is 2. The lowest BCUT2D eigenvalue weighted by Gasteiger charge is -2.39. The van der Waals surface area contributed by atoms with Gasteiger partial charge >= 0.3 is 0 Å². The highest BCUT2D eigenvalue weighted by Crippen LogP contribution is 2.49. The average Bonchev–Trinajstić information content (AvgIpc) is 2.94. The molecule has 0 aromatic heterocycles. The van der Waals surface area contributed by atoms with E-state index in [4.69, 9.17) is 18.0 Å². The lowest BCUT2D eigenvalue weighted by atomic mass is 10.1. The van der Waals surface area contributed by atoms with E-state index in [-0.39, 0.29) is 0 Å². The number of nitrogens with two attached hydrogens (primary N) is 1. The number of likely N-dealkylation sites (tertiary alicyclic amines) is 1. The van der Waals surface area contributed by atoms with E-state index in [2.05, 4.69) is 53.1 Å². The van der Waals surface area contributed by atoms with Crippen molar-refractivity contribution in [2.24, 2.45) is 5.73 Å². The SMILES string of the molecule is CC(CN1CCCCCC1)N1c2ccccc2Sc2ccc(C(N)=S)cc21. The summed E-state index contributed by atoms with van der Waals surface area (Å²) in [6.45, 7) is 5.85. The molecule has 3 nitrogen and oxygen atoms in total. The Kier molecular flexibility index (Phi) is 5.71. The standard InChI is InChI=1S/C22H27N3S2/c1-16(15-24-12-6-2-3-7-13-24)25-18-8-4-5-9-20(18)27-21-11-10-17(22(23)26)14-19(21)25/h4-5,8-11,14,16H,2-3,6-7,12-13,15H2,1H3,(H2,23,26). The van der Waals surface area contributed by atoms with E-state index in [9.17, 15) is 0 Å². The van der Waals surface area contributed by atoms with Gasteiger partial charge in [0.05, 0.1) is 11.4 Å². The van der Waals surface area contributed by atoms with Crippen LogP contribution in [-0.2, 0) is 0 Å². The van der Waals surface area contributed by atoms with Crippen molar-refractivity contribution in [3.63, 3.8) is 0 Å². The van der Waals surface area contributed by atoms with Crippen molar-refractivity contribution in [1.82, 2.24) is 4.90 Å². The van der Waals surface area contributed by atoms with Gasteiger partial charge < -0.3 is 15.5 Å². The van der Waals surface area contributed by atoms with Crippen molar-refractivity contribution in [3.8, 4) is 0 Å². The number of fused-ring (bicyclic) bond motifs is 2. The van der Waals surface area contributed by atoms with E-state index < -0.39 is 0 Å². The first kappa shape index (κ1) is 18.8. The normalized spacial score (nSPS) is 18.3. The van der Waals surface area contributed by atoms with Crippen molar-refractivity contribution in [3.05, 3.63) is 48.0 Å². The van der Waals surface area contributed by atoms with Gasteiger partial charge in [0.25, 0.3) is 0 Å². The Morgan fingerprint density at radius 2 is 1.74 bits per heavy atom. The fraction of sp³-hybridized carbons (Fsp3) is 0.409. The summed E-state index contributed by atoms with van der Waals surface area (Å²) in [6.07, 6.45) is 5.38. The number of hydrogen-bond acceptors (Lipinski definition) is 4. The Balaban J connectivity index is 1.69. The van der Waals surface area contributed by atoms with Crippen molar-refractivity contribution in [1.29, 1.82) is 0 Å². The van der Waals surface area contributed by atoms with E-state index >= 15 is 0 Å². The molecule has 0 bridgehead atoms. The predicted octanol–water partition coefficient (Wildman–Crippen LogP) is 5.19. The van der Waals surface area contributed by atoms with Gasteiger partial charge in [0.2, 0.25) is 0 Å². The Bertz CT molecular complexity index is 828. The molecule has 0 spiro atoms. The third-order valence-electron chi connectivity index (χ3n) is 5.51. The first-order valence-electron chi connectivity index (χ1n) is 9.86. The predicted molar refractivity (Wildman–Crippen MR) is 119 cm³/mol. The molecule has 2 heterocycles. The number of nitrogens with zero attached hydrogens (tertiary/aromatic N) is 2. The third kappa shape index (κ3) is 4.00. The van der Waals surface area contributed by atoms with Crippen molar-refractivity contribution >= 4 is 40.3 Å². The summed E-state index contributed by atoms with van der Waals surface area (Å²) >= 11 is 7.07. The van der Waals surface area contributed by atoms with Gasteiger partial charge in [-0.1, -0.05) is 55.0 Å². The highest BCUT2D eigenvalue weighted by atomic mass is 32.2. The first-order chi connectivity index (χ1) is 13.1. The van der Waals surface area contributed by atoms with Crippen LogP contribution in [0.15, 0.2) is 52.3 Å². The lowest BCUT2D eigenvalue weighted by Crippen LogP contribution is -2.41. The molecule has 1 saturated heterocycles. The molecule has 0 amide bonds. The number of hydrogen-bond donors (Lipinski definition) is 1. The van der Waals surface area contributed by atoms with Gasteiger partial charge in [0.15, 0.2) is 0 Å². The lowest BCUT2D eigenvalue weighted by molar-refractivity contribution is 0.271. The van der Waals surface area contributed by atoms with Crippen LogP contribution in [0.3, 0.4) is 0 Å². The van der Waals surface area contributed by atoms with E-state index in [0.717, 1.165) is 12.1 Å². The molecular formula is C22H27N3S2. The monoisotopic (exact) mass is 397 g/mol. The van der Waals surface area contributed by atoms with Crippen molar-refractivity contribution in [2.75, 3.05) is 24.5 Å². The van der Waals surface area contributed by atoms with Gasteiger partial charge in [-0.15, -0.1) is 0 Å². The maximum Gasteiger partial charge on any atom is 0.104 e. The van der Waals surface area contributed by atoms with Crippen LogP contribution in [-0.4, -0.2) is 35.6 Å². The van der Waals surface area contributed by atoms with Gasteiger partial charge in [0.1, 0.15) is 4.99 Å². The van der Waals surface area contributed by atoms with E-state index in [1.54, 1.807) is 0 Å². The Morgan fingerprint density at radius 1 is 1.04 bits per heavy atom. The Hall–Kier alpha value is -1.56. The van der Waals surface area contributed by atoms with Crippen molar-refractivity contribution in [2.45, 2.75) is 48.4 Å². The van der Waals surface area contributed by atoms with E-state index in [1.807, 2.05) is 17.8 Å². The highest BCUT2D eigenvalue weighted by molar-refractivity contribution is 7.99. The minimum Gasteiger partial charge on any atom is -0.389 e. The molecule has 142 valence electrons. The summed E-state index contributed by atoms with van der Waals surface area (Å²) in [6, 6.07) is 15.5. The quantitative estimate of drug-likeness (QED) is 0.718. The fourth-order valence-electron chi connectivity index (χ4n) is 4.18. The largest absolute Gasteiger partial charge is 0.389 e. The third-order valence-corrected chi connectivity index (χ3v) is 6.88. The second-order valence-corrected chi connectivity index (χ2v) is 9.07. The summed E-state index contributed by atoms with van der Waals surface area (Å²) < 4.78 is 0. The second-order valence-electron chi connectivity index (χ2n) is 7.55. The highest BCUT2D eigenvalue weighted by Gasteiger charge is 2.28. The van der Waals surface area contributed by atoms with Gasteiger partial charge in [-0.2, -0.15) is 0 Å². The van der Waals surface area contributed by atoms with E-state index in [1.165, 1.54) is 59.9 Å².